The van der Waals surface area contributed by atoms with Crippen LogP contribution in [0, 0.1) is 0 Å². The van der Waals surface area contributed by atoms with E-state index in [1.807, 2.05) is 0 Å². The highest BCUT2D eigenvalue weighted by atomic mass is 35.5. The van der Waals surface area contributed by atoms with Crippen molar-refractivity contribution in [3.05, 3.63) is 46.8 Å². The molecule has 0 aliphatic heterocycles. The molecule has 18 heavy (non-hydrogen) atoms. The number of allylic oxidation sites excluding steroid dienone is 4. The predicted octanol–water partition coefficient (Wildman–Crippen LogP) is 3.67. The molecule has 0 N–H and O–H groups in total. The topological polar surface area (TPSA) is 30.0 Å². The van der Waals surface area contributed by atoms with Crippen LogP contribution < -0.4 is 0 Å². The lowest BCUT2D eigenvalue weighted by atomic mass is 10.0. The smallest absolute Gasteiger partial charge is 0.294 e. The molecular weight excluding hydrogens is 267 g/mol. The Morgan fingerprint density at radius 3 is 2.61 bits per heavy atom. The van der Waals surface area contributed by atoms with Gasteiger partial charge in [-0.2, -0.15) is 13.2 Å². The summed E-state index contributed by atoms with van der Waals surface area (Å²) in [4.78, 5) is 14.9. The van der Waals surface area contributed by atoms with Crippen molar-refractivity contribution < 1.29 is 18.0 Å². The molecule has 0 unspecified atom stereocenters. The summed E-state index contributed by atoms with van der Waals surface area (Å²) >= 11 is 5.78. The van der Waals surface area contributed by atoms with Crippen molar-refractivity contribution in [3.8, 4) is 0 Å². The first-order chi connectivity index (χ1) is 8.38. The van der Waals surface area contributed by atoms with Crippen LogP contribution in [0.4, 0.5) is 13.2 Å². The molecule has 0 fully saturated rings. The Bertz CT molecular complexity index is 561. The normalized spacial score (nSPS) is 15.8. The Morgan fingerprint density at radius 1 is 1.33 bits per heavy atom. The molecule has 94 valence electrons. The average Bonchev–Trinajstić information content (AvgIpc) is 2.27. The number of pyridine rings is 1. The Labute approximate surface area is 106 Å². The summed E-state index contributed by atoms with van der Waals surface area (Å²) < 4.78 is 37.3. The van der Waals surface area contributed by atoms with Gasteiger partial charge >= 0.3 is 6.18 Å². The molecule has 2 rings (SSSR count). The third-order valence-electron chi connectivity index (χ3n) is 2.42. The Morgan fingerprint density at radius 2 is 2.06 bits per heavy atom. The van der Waals surface area contributed by atoms with Gasteiger partial charge in [0.15, 0.2) is 5.78 Å². The van der Waals surface area contributed by atoms with Gasteiger partial charge in [-0.3, -0.25) is 9.78 Å². The van der Waals surface area contributed by atoms with Crippen LogP contribution in [0.25, 0.3) is 5.57 Å². The van der Waals surface area contributed by atoms with Gasteiger partial charge in [0.05, 0.1) is 16.3 Å². The zero-order valence-electron chi connectivity index (χ0n) is 8.96. The molecule has 1 aliphatic rings. The molecule has 1 heterocycles. The minimum absolute atomic E-state index is 0.0918. The number of aromatic nitrogens is 1. The summed E-state index contributed by atoms with van der Waals surface area (Å²) in [6.45, 7) is 0. The number of rotatable bonds is 1. The second-order valence-electron chi connectivity index (χ2n) is 3.75. The molecule has 1 aromatic heterocycles. The van der Waals surface area contributed by atoms with E-state index in [1.54, 1.807) is 6.08 Å². The van der Waals surface area contributed by atoms with Gasteiger partial charge in [-0.25, -0.2) is 0 Å². The number of nitrogens with zero attached hydrogens (tertiary/aromatic N) is 1. The van der Waals surface area contributed by atoms with Crippen molar-refractivity contribution in [1.29, 1.82) is 0 Å². The highest BCUT2D eigenvalue weighted by molar-refractivity contribution is 6.32. The monoisotopic (exact) mass is 273 g/mol. The number of halogens is 4. The van der Waals surface area contributed by atoms with Gasteiger partial charge in [-0.05, 0) is 17.7 Å². The predicted molar refractivity (Wildman–Crippen MR) is 61.0 cm³/mol. The fourth-order valence-electron chi connectivity index (χ4n) is 1.57. The first-order valence-electron chi connectivity index (χ1n) is 5.01. The van der Waals surface area contributed by atoms with Crippen LogP contribution >= 0.6 is 11.6 Å². The second kappa shape index (κ2) is 4.57. The number of ketones is 1. The largest absolute Gasteiger partial charge is 0.417 e. The van der Waals surface area contributed by atoms with Gasteiger partial charge in [-0.1, -0.05) is 23.8 Å². The zero-order valence-corrected chi connectivity index (χ0v) is 9.72. The van der Waals surface area contributed by atoms with Gasteiger partial charge in [-0.15, -0.1) is 0 Å². The highest BCUT2D eigenvalue weighted by Crippen LogP contribution is 2.33. The molecule has 0 aromatic carbocycles. The summed E-state index contributed by atoms with van der Waals surface area (Å²) in [5, 5.41) is -0.112. The van der Waals surface area contributed by atoms with Crippen LogP contribution in [0.1, 0.15) is 17.7 Å². The van der Waals surface area contributed by atoms with Gasteiger partial charge < -0.3 is 0 Å². The molecule has 0 saturated carbocycles. The van der Waals surface area contributed by atoms with Crippen molar-refractivity contribution >= 4 is 23.0 Å². The summed E-state index contributed by atoms with van der Waals surface area (Å²) in [5.74, 6) is -0.134. The van der Waals surface area contributed by atoms with Crippen molar-refractivity contribution in [1.82, 2.24) is 4.98 Å². The molecule has 1 aliphatic carbocycles. The Balaban J connectivity index is 2.40. The van der Waals surface area contributed by atoms with E-state index in [0.29, 0.717) is 11.8 Å². The Hall–Kier alpha value is -1.62. The maximum absolute atomic E-state index is 12.4. The van der Waals surface area contributed by atoms with Crippen molar-refractivity contribution in [3.63, 3.8) is 0 Å². The molecule has 0 saturated heterocycles. The second-order valence-corrected chi connectivity index (χ2v) is 4.15. The van der Waals surface area contributed by atoms with E-state index in [9.17, 15) is 18.0 Å². The van der Waals surface area contributed by atoms with Crippen LogP contribution in [0.2, 0.25) is 5.02 Å². The summed E-state index contributed by atoms with van der Waals surface area (Å²) in [6, 6.07) is 0.813. The third kappa shape index (κ3) is 2.61. The number of hydrogen-bond acceptors (Lipinski definition) is 2. The maximum Gasteiger partial charge on any atom is 0.417 e. The van der Waals surface area contributed by atoms with E-state index >= 15 is 0 Å². The standard InChI is InChI=1S/C12H7ClF3NO/c13-10-5-8(12(14,15)16)6-17-11(10)7-2-1-3-9(18)4-7/h1-3,5-6H,4H2. The van der Waals surface area contributed by atoms with Gasteiger partial charge in [0, 0.05) is 12.6 Å². The van der Waals surface area contributed by atoms with Gasteiger partial charge in [0.25, 0.3) is 0 Å². The molecular formula is C12H7ClF3NO. The lowest BCUT2D eigenvalue weighted by Gasteiger charge is -2.12. The van der Waals surface area contributed by atoms with Crippen molar-refractivity contribution in [2.24, 2.45) is 0 Å². The molecule has 1 aromatic rings. The number of carbonyl (C=O) groups is 1. The summed E-state index contributed by atoms with van der Waals surface area (Å²) in [7, 11) is 0. The van der Waals surface area contributed by atoms with Crippen LogP contribution in [-0.4, -0.2) is 10.8 Å². The summed E-state index contributed by atoms with van der Waals surface area (Å²) in [5.41, 5.74) is -0.182. The maximum atomic E-state index is 12.4. The average molecular weight is 274 g/mol. The van der Waals surface area contributed by atoms with Crippen LogP contribution in [0.5, 0.6) is 0 Å². The molecule has 2 nitrogen and oxygen atoms in total. The summed E-state index contributed by atoms with van der Waals surface area (Å²) in [6.07, 6.45) is 0.854. The number of carbonyl (C=O) groups excluding carboxylic acids is 1. The van der Waals surface area contributed by atoms with E-state index in [0.717, 1.165) is 6.07 Å². The van der Waals surface area contributed by atoms with Crippen LogP contribution in [0.15, 0.2) is 30.5 Å². The molecule has 0 spiro atoms. The fraction of sp³-hybridized carbons (Fsp3) is 0.167. The van der Waals surface area contributed by atoms with Crippen molar-refractivity contribution in [2.45, 2.75) is 12.6 Å². The Kier molecular flexibility index (Phi) is 3.26. The van der Waals surface area contributed by atoms with E-state index in [4.69, 9.17) is 11.6 Å². The van der Waals surface area contributed by atoms with Gasteiger partial charge in [0.2, 0.25) is 0 Å². The minimum atomic E-state index is -4.48. The highest BCUT2D eigenvalue weighted by Gasteiger charge is 2.31. The number of alkyl halides is 3. The van der Waals surface area contributed by atoms with Crippen LogP contribution in [-0.2, 0) is 11.0 Å². The molecule has 0 radical (unpaired) electrons. The quantitative estimate of drug-likeness (QED) is 0.781. The molecule has 0 atom stereocenters. The number of hydrogen-bond donors (Lipinski definition) is 0. The van der Waals surface area contributed by atoms with E-state index in [-0.39, 0.29) is 22.9 Å². The van der Waals surface area contributed by atoms with Crippen LogP contribution in [0.3, 0.4) is 0 Å². The van der Waals surface area contributed by atoms with E-state index < -0.39 is 11.7 Å². The lowest BCUT2D eigenvalue weighted by molar-refractivity contribution is -0.137. The zero-order chi connectivity index (χ0) is 13.3. The van der Waals surface area contributed by atoms with Gasteiger partial charge in [0.1, 0.15) is 0 Å². The van der Waals surface area contributed by atoms with Crippen molar-refractivity contribution in [2.75, 3.05) is 0 Å². The molecule has 0 amide bonds. The first kappa shape index (κ1) is 12.8. The first-order valence-corrected chi connectivity index (χ1v) is 5.39. The lowest BCUT2D eigenvalue weighted by Crippen LogP contribution is -2.07. The minimum Gasteiger partial charge on any atom is -0.294 e. The van der Waals surface area contributed by atoms with E-state index in [2.05, 4.69) is 4.98 Å². The molecule has 0 bridgehead atoms. The molecule has 6 heteroatoms. The fourth-order valence-corrected chi connectivity index (χ4v) is 1.86. The SMILES string of the molecule is O=C1C=CC=C(c2ncc(C(F)(F)F)cc2Cl)C1. The van der Waals surface area contributed by atoms with E-state index in [1.165, 1.54) is 12.2 Å². The third-order valence-corrected chi connectivity index (χ3v) is 2.70.